The lowest BCUT2D eigenvalue weighted by atomic mass is 9.59. The minimum atomic E-state index is -0.688. The molecular weight excluding hydrogens is 368 g/mol. The van der Waals surface area contributed by atoms with Crippen molar-refractivity contribution in [1.29, 1.82) is 0 Å². The third-order valence-corrected chi connectivity index (χ3v) is 7.68. The summed E-state index contributed by atoms with van der Waals surface area (Å²) >= 11 is 0. The van der Waals surface area contributed by atoms with Gasteiger partial charge in [0.05, 0.1) is 12.7 Å². The zero-order valence-electron chi connectivity index (χ0n) is 17.3. The Morgan fingerprint density at radius 3 is 2.72 bits per heavy atom. The van der Waals surface area contributed by atoms with E-state index in [1.54, 1.807) is 25.3 Å². The summed E-state index contributed by atoms with van der Waals surface area (Å²) in [5.41, 5.74) is -0.139. The Bertz CT molecular complexity index is 832. The Kier molecular flexibility index (Phi) is 4.48. The van der Waals surface area contributed by atoms with E-state index in [2.05, 4.69) is 17.1 Å². The van der Waals surface area contributed by atoms with E-state index >= 15 is 0 Å². The maximum Gasteiger partial charge on any atom is 0.258 e. The van der Waals surface area contributed by atoms with Gasteiger partial charge in [-0.15, -0.1) is 0 Å². The van der Waals surface area contributed by atoms with E-state index in [1.807, 2.05) is 0 Å². The van der Waals surface area contributed by atoms with Crippen molar-refractivity contribution in [3.05, 3.63) is 23.8 Å². The van der Waals surface area contributed by atoms with Gasteiger partial charge in [-0.1, -0.05) is 6.92 Å². The molecule has 6 rings (SSSR count). The van der Waals surface area contributed by atoms with Gasteiger partial charge < -0.3 is 19.7 Å². The highest BCUT2D eigenvalue weighted by atomic mass is 16.5. The SMILES string of the molecule is COc1ccc2c(c1)O[C@]1(C[C@H]3CC[C@H]1C[C@@H]3C(=O)N1CCC(C)CC1)NC2=O. The normalized spacial score (nSPS) is 33.8. The second-order valence-electron chi connectivity index (χ2n) is 9.40. The molecule has 1 aromatic carbocycles. The van der Waals surface area contributed by atoms with Gasteiger partial charge >= 0.3 is 0 Å². The van der Waals surface area contributed by atoms with Gasteiger partial charge in [-0.3, -0.25) is 9.59 Å². The fraction of sp³-hybridized carbons (Fsp3) is 0.652. The quantitative estimate of drug-likeness (QED) is 0.831. The first kappa shape index (κ1) is 18.8. The highest BCUT2D eigenvalue weighted by Crippen LogP contribution is 2.53. The number of piperidine rings is 1. The van der Waals surface area contributed by atoms with Crippen molar-refractivity contribution < 1.29 is 19.1 Å². The zero-order valence-corrected chi connectivity index (χ0v) is 17.3. The first-order chi connectivity index (χ1) is 14.0. The number of carbonyl (C=O) groups excluding carboxylic acids is 2. The van der Waals surface area contributed by atoms with Crippen LogP contribution in [-0.2, 0) is 4.79 Å². The van der Waals surface area contributed by atoms with Crippen LogP contribution in [0.5, 0.6) is 11.5 Å². The molecule has 0 aromatic heterocycles. The number of nitrogens with one attached hydrogen (secondary N) is 1. The summed E-state index contributed by atoms with van der Waals surface area (Å²) < 4.78 is 11.8. The summed E-state index contributed by atoms with van der Waals surface area (Å²) in [6.45, 7) is 4.04. The number of rotatable bonds is 2. The lowest BCUT2D eigenvalue weighted by Crippen LogP contribution is -2.67. The van der Waals surface area contributed by atoms with Crippen LogP contribution >= 0.6 is 0 Å². The van der Waals surface area contributed by atoms with Gasteiger partial charge in [0, 0.05) is 37.4 Å². The van der Waals surface area contributed by atoms with E-state index in [0.717, 1.165) is 45.2 Å². The van der Waals surface area contributed by atoms with Crippen molar-refractivity contribution in [2.24, 2.45) is 23.7 Å². The topological polar surface area (TPSA) is 67.9 Å². The molecule has 2 aliphatic heterocycles. The molecule has 0 unspecified atom stereocenters. The van der Waals surface area contributed by atoms with Gasteiger partial charge in [0.25, 0.3) is 5.91 Å². The molecule has 1 aromatic rings. The van der Waals surface area contributed by atoms with Gasteiger partial charge in [0.1, 0.15) is 11.5 Å². The highest BCUT2D eigenvalue weighted by molar-refractivity contribution is 5.98. The molecule has 3 aliphatic carbocycles. The molecule has 1 spiro atoms. The van der Waals surface area contributed by atoms with Crippen molar-refractivity contribution in [2.75, 3.05) is 20.2 Å². The van der Waals surface area contributed by atoms with E-state index in [1.165, 1.54) is 0 Å². The van der Waals surface area contributed by atoms with Gasteiger partial charge in [-0.05, 0) is 56.1 Å². The number of nitrogens with zero attached hydrogens (tertiary/aromatic N) is 1. The molecule has 5 aliphatic rings. The number of ether oxygens (including phenoxy) is 2. The molecule has 1 N–H and O–H groups in total. The van der Waals surface area contributed by atoms with Crippen LogP contribution in [0.2, 0.25) is 0 Å². The van der Waals surface area contributed by atoms with E-state index in [4.69, 9.17) is 9.47 Å². The van der Waals surface area contributed by atoms with E-state index < -0.39 is 5.72 Å². The summed E-state index contributed by atoms with van der Waals surface area (Å²) in [4.78, 5) is 28.2. The minimum absolute atomic E-state index is 0.0694. The number of hydrogen-bond donors (Lipinski definition) is 1. The predicted molar refractivity (Wildman–Crippen MR) is 108 cm³/mol. The molecule has 2 amide bonds. The molecule has 2 heterocycles. The lowest BCUT2D eigenvalue weighted by Gasteiger charge is -2.55. The van der Waals surface area contributed by atoms with Gasteiger partial charge in [0.2, 0.25) is 5.91 Å². The summed E-state index contributed by atoms with van der Waals surface area (Å²) in [5.74, 6) is 2.72. The van der Waals surface area contributed by atoms with Crippen LogP contribution in [0, 0.1) is 23.7 Å². The molecular formula is C23H30N2O4. The number of benzene rings is 1. The Morgan fingerprint density at radius 2 is 2.03 bits per heavy atom. The summed E-state index contributed by atoms with van der Waals surface area (Å²) in [5, 5.41) is 3.17. The Morgan fingerprint density at radius 1 is 1.24 bits per heavy atom. The maximum atomic E-state index is 13.2. The van der Waals surface area contributed by atoms with Crippen molar-refractivity contribution in [1.82, 2.24) is 10.2 Å². The van der Waals surface area contributed by atoms with Crippen LogP contribution in [0.15, 0.2) is 18.2 Å². The molecule has 3 saturated carbocycles. The van der Waals surface area contributed by atoms with Crippen molar-refractivity contribution in [3.8, 4) is 11.5 Å². The van der Waals surface area contributed by atoms with Crippen LogP contribution in [0.25, 0.3) is 0 Å². The Hall–Kier alpha value is -2.24. The lowest BCUT2D eigenvalue weighted by molar-refractivity contribution is -0.156. The molecule has 156 valence electrons. The maximum absolute atomic E-state index is 13.2. The average Bonchev–Trinajstić information content (AvgIpc) is 2.73. The third-order valence-electron chi connectivity index (χ3n) is 7.68. The first-order valence-corrected chi connectivity index (χ1v) is 11.0. The van der Waals surface area contributed by atoms with Crippen LogP contribution < -0.4 is 14.8 Å². The number of amides is 2. The second kappa shape index (κ2) is 6.92. The first-order valence-electron chi connectivity index (χ1n) is 11.0. The molecule has 1 saturated heterocycles. The third kappa shape index (κ3) is 3.08. The molecule has 29 heavy (non-hydrogen) atoms. The molecule has 4 fully saturated rings. The van der Waals surface area contributed by atoms with E-state index in [-0.39, 0.29) is 23.7 Å². The average molecular weight is 399 g/mol. The minimum Gasteiger partial charge on any atom is -0.497 e. The van der Waals surface area contributed by atoms with Gasteiger partial charge in [-0.25, -0.2) is 0 Å². The Balaban J connectivity index is 1.36. The fourth-order valence-electron chi connectivity index (χ4n) is 5.88. The number of hydrogen-bond acceptors (Lipinski definition) is 4. The summed E-state index contributed by atoms with van der Waals surface area (Å²) in [6.07, 6.45) is 5.75. The van der Waals surface area contributed by atoms with Crippen molar-refractivity contribution in [2.45, 2.75) is 51.2 Å². The second-order valence-corrected chi connectivity index (χ2v) is 9.40. The fourth-order valence-corrected chi connectivity index (χ4v) is 5.88. The van der Waals surface area contributed by atoms with E-state index in [9.17, 15) is 9.59 Å². The number of likely N-dealkylation sites (tertiary alicyclic amines) is 1. The monoisotopic (exact) mass is 398 g/mol. The molecule has 6 nitrogen and oxygen atoms in total. The van der Waals surface area contributed by atoms with Crippen molar-refractivity contribution in [3.63, 3.8) is 0 Å². The van der Waals surface area contributed by atoms with E-state index in [0.29, 0.717) is 35.3 Å². The summed E-state index contributed by atoms with van der Waals surface area (Å²) in [7, 11) is 1.61. The molecule has 2 bridgehead atoms. The van der Waals surface area contributed by atoms with Crippen LogP contribution in [0.3, 0.4) is 0 Å². The van der Waals surface area contributed by atoms with Crippen molar-refractivity contribution >= 4 is 11.8 Å². The standard InChI is InChI=1S/C23H30N2O4/c1-14-7-9-25(10-8-14)22(27)19-11-16-4-3-15(19)13-23(16)24-21(26)18-6-5-17(28-2)12-20(18)29-23/h5-6,12,14-16,19H,3-4,7-11,13H2,1-2H3,(H,24,26)/t15-,16+,19+,23+/m1/s1. The Labute approximate surface area is 171 Å². The largest absolute Gasteiger partial charge is 0.497 e. The van der Waals surface area contributed by atoms with Crippen LogP contribution in [-0.4, -0.2) is 42.6 Å². The predicted octanol–water partition coefficient (Wildman–Crippen LogP) is 3.21. The van der Waals surface area contributed by atoms with Crippen LogP contribution in [0.1, 0.15) is 55.8 Å². The number of methoxy groups -OCH3 is 1. The summed E-state index contributed by atoms with van der Waals surface area (Å²) in [6, 6.07) is 5.33. The number of fused-ring (bicyclic) bond motifs is 3. The van der Waals surface area contributed by atoms with Gasteiger partial charge in [0.15, 0.2) is 5.72 Å². The molecule has 4 atom stereocenters. The smallest absolute Gasteiger partial charge is 0.258 e. The highest BCUT2D eigenvalue weighted by Gasteiger charge is 2.57. The molecule has 0 radical (unpaired) electrons. The zero-order chi connectivity index (χ0) is 20.2. The van der Waals surface area contributed by atoms with Crippen LogP contribution in [0.4, 0.5) is 0 Å². The van der Waals surface area contributed by atoms with Gasteiger partial charge in [-0.2, -0.15) is 0 Å². The molecule has 6 heteroatoms. The number of carbonyl (C=O) groups is 2.